The van der Waals surface area contributed by atoms with Crippen LogP contribution in [0.15, 0.2) is 0 Å². The van der Waals surface area contributed by atoms with E-state index < -0.39 is 0 Å². The topological polar surface area (TPSA) is 0 Å². The van der Waals surface area contributed by atoms with E-state index >= 15 is 0 Å². The normalized spacial score (nSPS) is 16.4. The van der Waals surface area contributed by atoms with E-state index in [0.717, 1.165) is 0 Å². The van der Waals surface area contributed by atoms with Crippen LogP contribution in [0.3, 0.4) is 0 Å². The number of rotatable bonds is 6. The van der Waals surface area contributed by atoms with Gasteiger partial charge in [-0.25, -0.2) is 0 Å². The van der Waals surface area contributed by atoms with E-state index in [1.54, 1.807) is 0 Å². The summed E-state index contributed by atoms with van der Waals surface area (Å²) >= 11 is 9.02. The molecule has 0 aliphatic rings. The maximum absolute atomic E-state index is 4.52. The van der Waals surface area contributed by atoms with Crippen molar-refractivity contribution in [3.8, 4) is 0 Å². The van der Waals surface area contributed by atoms with Crippen LogP contribution in [0, 0.1) is 0 Å². The van der Waals surface area contributed by atoms with E-state index in [9.17, 15) is 0 Å². The van der Waals surface area contributed by atoms with Crippen molar-refractivity contribution in [2.75, 3.05) is 0 Å². The van der Waals surface area contributed by atoms with E-state index in [1.165, 1.54) is 32.1 Å². The lowest BCUT2D eigenvalue weighted by molar-refractivity contribution is 0.632. The first kappa shape index (κ1) is 11.7. The van der Waals surface area contributed by atoms with Crippen LogP contribution in [0.25, 0.3) is 0 Å². The lowest BCUT2D eigenvalue weighted by Gasteiger charge is -2.16. The molecular weight excluding hydrogens is 172 g/mol. The Morgan fingerprint density at radius 3 is 1.91 bits per heavy atom. The molecule has 0 saturated carbocycles. The predicted molar refractivity (Wildman–Crippen MR) is 60.0 cm³/mol. The summed E-state index contributed by atoms with van der Waals surface area (Å²) in [5.41, 5.74) is 0. The molecule has 0 radical (unpaired) electrons. The van der Waals surface area contributed by atoms with Crippen LogP contribution in [-0.2, 0) is 0 Å². The smallest absolute Gasteiger partial charge is 0.0133 e. The van der Waals surface area contributed by atoms with Crippen molar-refractivity contribution < 1.29 is 0 Å². The maximum Gasteiger partial charge on any atom is 0.0133 e. The fourth-order valence-corrected chi connectivity index (χ4v) is 1.83. The van der Waals surface area contributed by atoms with Crippen LogP contribution in [0.1, 0.15) is 46.0 Å². The van der Waals surface area contributed by atoms with Crippen molar-refractivity contribution in [2.45, 2.75) is 56.5 Å². The zero-order valence-corrected chi connectivity index (χ0v) is 9.37. The Kier molecular flexibility index (Phi) is 7.82. The van der Waals surface area contributed by atoms with Gasteiger partial charge in [-0.2, -0.15) is 25.3 Å². The molecule has 2 atom stereocenters. The Hall–Kier alpha value is 0.700. The third-order valence-corrected chi connectivity index (χ3v) is 3.35. The van der Waals surface area contributed by atoms with Crippen LogP contribution in [0.4, 0.5) is 0 Å². The van der Waals surface area contributed by atoms with Gasteiger partial charge in [-0.15, -0.1) is 0 Å². The molecule has 0 aromatic heterocycles. The highest BCUT2D eigenvalue weighted by molar-refractivity contribution is 7.85. The van der Waals surface area contributed by atoms with Crippen molar-refractivity contribution in [1.82, 2.24) is 0 Å². The summed E-state index contributed by atoms with van der Waals surface area (Å²) in [6.45, 7) is 4.41. The van der Waals surface area contributed by atoms with Gasteiger partial charge < -0.3 is 0 Å². The summed E-state index contributed by atoms with van der Waals surface area (Å²) in [4.78, 5) is 0. The summed E-state index contributed by atoms with van der Waals surface area (Å²) in [5, 5.41) is 0.994. The Balaban J connectivity index is 3.38. The third kappa shape index (κ3) is 5.92. The molecule has 0 rings (SSSR count). The van der Waals surface area contributed by atoms with Crippen LogP contribution in [0.5, 0.6) is 0 Å². The molecule has 2 heteroatoms. The fraction of sp³-hybridized carbons (Fsp3) is 1.00. The van der Waals surface area contributed by atoms with E-state index in [4.69, 9.17) is 0 Å². The minimum atomic E-state index is 0.495. The van der Waals surface area contributed by atoms with Gasteiger partial charge in [-0.3, -0.25) is 0 Å². The van der Waals surface area contributed by atoms with Crippen LogP contribution >= 0.6 is 25.3 Å². The Labute approximate surface area is 82.0 Å². The zero-order chi connectivity index (χ0) is 8.69. The molecular formula is C9H20S2. The highest BCUT2D eigenvalue weighted by Crippen LogP contribution is 2.19. The average molecular weight is 192 g/mol. The Morgan fingerprint density at radius 1 is 0.909 bits per heavy atom. The highest BCUT2D eigenvalue weighted by atomic mass is 32.1. The van der Waals surface area contributed by atoms with Crippen LogP contribution < -0.4 is 0 Å². The molecule has 0 nitrogen and oxygen atoms in total. The second-order valence-corrected chi connectivity index (χ2v) is 4.39. The van der Waals surface area contributed by atoms with E-state index in [2.05, 4.69) is 39.1 Å². The zero-order valence-electron chi connectivity index (χ0n) is 7.58. The quantitative estimate of drug-likeness (QED) is 0.591. The number of hydrogen-bond acceptors (Lipinski definition) is 2. The minimum absolute atomic E-state index is 0.495. The standard InChI is InChI=1S/C9H20S2/c1-3-5-7-9(11)8(10)6-4-2/h8-11H,3-7H2,1-2H3. The molecule has 0 aromatic rings. The summed E-state index contributed by atoms with van der Waals surface area (Å²) in [6.07, 6.45) is 6.19. The number of hydrogen-bond donors (Lipinski definition) is 2. The molecule has 0 amide bonds. The first-order valence-corrected chi connectivity index (χ1v) is 5.61. The van der Waals surface area contributed by atoms with Crippen molar-refractivity contribution in [2.24, 2.45) is 0 Å². The largest absolute Gasteiger partial charge is 0.175 e. The minimum Gasteiger partial charge on any atom is -0.175 e. The lowest BCUT2D eigenvalue weighted by atomic mass is 10.1. The molecule has 0 aliphatic heterocycles. The molecule has 0 aromatic carbocycles. The molecule has 0 N–H and O–H groups in total. The van der Waals surface area contributed by atoms with Crippen LogP contribution in [-0.4, -0.2) is 10.5 Å². The van der Waals surface area contributed by atoms with Gasteiger partial charge in [0.25, 0.3) is 0 Å². The van der Waals surface area contributed by atoms with Crippen molar-refractivity contribution in [3.05, 3.63) is 0 Å². The second-order valence-electron chi connectivity index (χ2n) is 3.07. The summed E-state index contributed by atoms with van der Waals surface area (Å²) in [7, 11) is 0. The average Bonchev–Trinajstić information content (AvgIpc) is 2.00. The summed E-state index contributed by atoms with van der Waals surface area (Å²) < 4.78 is 0. The van der Waals surface area contributed by atoms with Crippen molar-refractivity contribution >= 4 is 25.3 Å². The first-order chi connectivity index (χ1) is 5.22. The molecule has 0 bridgehead atoms. The van der Waals surface area contributed by atoms with Crippen LogP contribution in [0.2, 0.25) is 0 Å². The molecule has 0 saturated heterocycles. The summed E-state index contributed by atoms with van der Waals surface area (Å²) in [5.74, 6) is 0. The number of thiol groups is 2. The monoisotopic (exact) mass is 192 g/mol. The second kappa shape index (κ2) is 7.35. The van der Waals surface area contributed by atoms with Gasteiger partial charge in [0.1, 0.15) is 0 Å². The molecule has 11 heavy (non-hydrogen) atoms. The van der Waals surface area contributed by atoms with Gasteiger partial charge in [-0.05, 0) is 12.8 Å². The summed E-state index contributed by atoms with van der Waals surface area (Å²) in [6, 6.07) is 0. The third-order valence-electron chi connectivity index (χ3n) is 1.88. The molecule has 0 aliphatic carbocycles. The van der Waals surface area contributed by atoms with E-state index in [0.29, 0.717) is 10.5 Å². The Morgan fingerprint density at radius 2 is 1.45 bits per heavy atom. The van der Waals surface area contributed by atoms with E-state index in [1.807, 2.05) is 0 Å². The molecule has 2 unspecified atom stereocenters. The van der Waals surface area contributed by atoms with Gasteiger partial charge in [-0.1, -0.05) is 33.1 Å². The number of unbranched alkanes of at least 4 members (excludes halogenated alkanes) is 1. The van der Waals surface area contributed by atoms with Gasteiger partial charge in [0.2, 0.25) is 0 Å². The molecule has 68 valence electrons. The van der Waals surface area contributed by atoms with Crippen molar-refractivity contribution in [1.29, 1.82) is 0 Å². The van der Waals surface area contributed by atoms with Gasteiger partial charge in [0.05, 0.1) is 0 Å². The SMILES string of the molecule is CCCCC(S)C(S)CCC. The first-order valence-electron chi connectivity index (χ1n) is 4.58. The van der Waals surface area contributed by atoms with Gasteiger partial charge in [0.15, 0.2) is 0 Å². The highest BCUT2D eigenvalue weighted by Gasteiger charge is 2.11. The van der Waals surface area contributed by atoms with Gasteiger partial charge in [0, 0.05) is 10.5 Å². The lowest BCUT2D eigenvalue weighted by Crippen LogP contribution is -2.14. The Bertz CT molecular complexity index is 83.6. The molecule has 0 spiro atoms. The molecule has 0 heterocycles. The molecule has 0 fully saturated rings. The fourth-order valence-electron chi connectivity index (χ4n) is 1.09. The van der Waals surface area contributed by atoms with E-state index in [-0.39, 0.29) is 0 Å². The van der Waals surface area contributed by atoms with Crippen molar-refractivity contribution in [3.63, 3.8) is 0 Å². The van der Waals surface area contributed by atoms with Gasteiger partial charge >= 0.3 is 0 Å². The predicted octanol–water partition coefficient (Wildman–Crippen LogP) is 3.57. The maximum atomic E-state index is 4.52.